The van der Waals surface area contributed by atoms with Crippen molar-refractivity contribution in [2.75, 3.05) is 40.0 Å². The molecule has 0 radical (unpaired) electrons. The molecule has 116 valence electrons. The third-order valence-electron chi connectivity index (χ3n) is 4.06. The Morgan fingerprint density at radius 3 is 2.86 bits per heavy atom. The smallest absolute Gasteiger partial charge is 0.224 e. The number of carbonyl (C=O) groups is 1. The van der Waals surface area contributed by atoms with Crippen LogP contribution in [0.15, 0.2) is 24.3 Å². The lowest BCUT2D eigenvalue weighted by molar-refractivity contribution is -0.131. The van der Waals surface area contributed by atoms with E-state index in [1.165, 1.54) is 11.1 Å². The van der Waals surface area contributed by atoms with Crippen LogP contribution in [0.5, 0.6) is 0 Å². The average molecular weight is 291 g/mol. The zero-order valence-corrected chi connectivity index (χ0v) is 13.0. The molecule has 0 spiro atoms. The molecule has 1 aliphatic rings. The normalized spacial score (nSPS) is 18.2. The monoisotopic (exact) mass is 291 g/mol. The summed E-state index contributed by atoms with van der Waals surface area (Å²) in [6.07, 6.45) is 1.52. The molecule has 0 aliphatic carbocycles. The number of amides is 1. The summed E-state index contributed by atoms with van der Waals surface area (Å²) in [6, 6.07) is 8.47. The van der Waals surface area contributed by atoms with Crippen LogP contribution in [-0.4, -0.2) is 50.8 Å². The largest absolute Gasteiger partial charge is 0.382 e. The zero-order chi connectivity index (χ0) is 15.1. The Kier molecular flexibility index (Phi) is 6.21. The van der Waals surface area contributed by atoms with E-state index in [0.29, 0.717) is 32.2 Å². The minimum Gasteiger partial charge on any atom is -0.382 e. The standard InChI is InChI=1S/C17H25NO3/c1-14-5-3-4-6-16(14)15-7-9-18(13-15)17(19)8-10-21-12-11-20-2/h3-6,15H,7-13H2,1-2H3. The Balaban J connectivity index is 1.77. The van der Waals surface area contributed by atoms with Gasteiger partial charge in [0.25, 0.3) is 0 Å². The van der Waals surface area contributed by atoms with Crippen LogP contribution in [0.25, 0.3) is 0 Å². The molecule has 0 bridgehead atoms. The number of likely N-dealkylation sites (tertiary alicyclic amines) is 1. The lowest BCUT2D eigenvalue weighted by atomic mass is 9.94. The van der Waals surface area contributed by atoms with Crippen LogP contribution in [0.2, 0.25) is 0 Å². The maximum atomic E-state index is 12.2. The van der Waals surface area contributed by atoms with Crippen molar-refractivity contribution in [2.24, 2.45) is 0 Å². The molecule has 0 saturated carbocycles. The summed E-state index contributed by atoms with van der Waals surface area (Å²) in [4.78, 5) is 14.1. The minimum absolute atomic E-state index is 0.198. The van der Waals surface area contributed by atoms with E-state index in [-0.39, 0.29) is 5.91 Å². The Labute approximate surface area is 127 Å². The van der Waals surface area contributed by atoms with E-state index >= 15 is 0 Å². The van der Waals surface area contributed by atoms with Gasteiger partial charge in [-0.15, -0.1) is 0 Å². The molecule has 1 aliphatic heterocycles. The third kappa shape index (κ3) is 4.55. The fourth-order valence-electron chi connectivity index (χ4n) is 2.85. The van der Waals surface area contributed by atoms with Gasteiger partial charge < -0.3 is 14.4 Å². The number of carbonyl (C=O) groups excluding carboxylic acids is 1. The fraction of sp³-hybridized carbons (Fsp3) is 0.588. The lowest BCUT2D eigenvalue weighted by Crippen LogP contribution is -2.29. The van der Waals surface area contributed by atoms with Crippen molar-refractivity contribution in [3.8, 4) is 0 Å². The number of benzene rings is 1. The SMILES string of the molecule is COCCOCCC(=O)N1CCC(c2ccccc2C)C1. The number of aryl methyl sites for hydroxylation is 1. The van der Waals surface area contributed by atoms with Crippen molar-refractivity contribution in [1.82, 2.24) is 4.90 Å². The Morgan fingerprint density at radius 1 is 1.29 bits per heavy atom. The number of ether oxygens (including phenoxy) is 2. The Bertz CT molecular complexity index is 461. The van der Waals surface area contributed by atoms with Crippen molar-refractivity contribution in [3.05, 3.63) is 35.4 Å². The van der Waals surface area contributed by atoms with Crippen LogP contribution in [0, 0.1) is 6.92 Å². The van der Waals surface area contributed by atoms with Crippen LogP contribution in [0.4, 0.5) is 0 Å². The highest BCUT2D eigenvalue weighted by Crippen LogP contribution is 2.29. The van der Waals surface area contributed by atoms with E-state index in [1.54, 1.807) is 7.11 Å². The van der Waals surface area contributed by atoms with E-state index in [0.717, 1.165) is 19.5 Å². The van der Waals surface area contributed by atoms with Gasteiger partial charge in [-0.2, -0.15) is 0 Å². The highest BCUT2D eigenvalue weighted by Gasteiger charge is 2.27. The van der Waals surface area contributed by atoms with E-state index in [4.69, 9.17) is 9.47 Å². The second kappa shape index (κ2) is 8.15. The van der Waals surface area contributed by atoms with Gasteiger partial charge in [0.05, 0.1) is 26.2 Å². The first-order valence-corrected chi connectivity index (χ1v) is 7.62. The zero-order valence-electron chi connectivity index (χ0n) is 13.0. The predicted octanol–water partition coefficient (Wildman–Crippen LogP) is 2.36. The van der Waals surface area contributed by atoms with Crippen molar-refractivity contribution in [2.45, 2.75) is 25.7 Å². The number of hydrogen-bond acceptors (Lipinski definition) is 3. The van der Waals surface area contributed by atoms with Crippen molar-refractivity contribution >= 4 is 5.91 Å². The molecule has 1 unspecified atom stereocenters. The van der Waals surface area contributed by atoms with Gasteiger partial charge in [0.15, 0.2) is 0 Å². The maximum Gasteiger partial charge on any atom is 0.224 e. The number of hydrogen-bond donors (Lipinski definition) is 0. The lowest BCUT2D eigenvalue weighted by Gasteiger charge is -2.17. The first-order chi connectivity index (χ1) is 10.2. The van der Waals surface area contributed by atoms with Gasteiger partial charge in [0, 0.05) is 26.1 Å². The van der Waals surface area contributed by atoms with Crippen LogP contribution in [-0.2, 0) is 14.3 Å². The van der Waals surface area contributed by atoms with Gasteiger partial charge in [0.1, 0.15) is 0 Å². The summed E-state index contributed by atoms with van der Waals surface area (Å²) < 4.78 is 10.3. The molecule has 1 fully saturated rings. The first-order valence-electron chi connectivity index (χ1n) is 7.62. The molecule has 21 heavy (non-hydrogen) atoms. The van der Waals surface area contributed by atoms with Crippen molar-refractivity contribution in [1.29, 1.82) is 0 Å². The fourth-order valence-corrected chi connectivity index (χ4v) is 2.85. The predicted molar refractivity (Wildman–Crippen MR) is 82.4 cm³/mol. The number of nitrogens with zero attached hydrogens (tertiary/aromatic N) is 1. The van der Waals surface area contributed by atoms with Crippen LogP contribution in [0.3, 0.4) is 0 Å². The van der Waals surface area contributed by atoms with Gasteiger partial charge in [-0.3, -0.25) is 4.79 Å². The summed E-state index contributed by atoms with van der Waals surface area (Å²) in [7, 11) is 1.64. The van der Waals surface area contributed by atoms with Gasteiger partial charge in [-0.25, -0.2) is 0 Å². The van der Waals surface area contributed by atoms with E-state index in [9.17, 15) is 4.79 Å². The van der Waals surface area contributed by atoms with Crippen molar-refractivity contribution in [3.63, 3.8) is 0 Å². The summed E-state index contributed by atoms with van der Waals surface area (Å²) in [5.74, 6) is 0.674. The molecule has 2 rings (SSSR count). The molecule has 1 aromatic rings. The van der Waals surface area contributed by atoms with Gasteiger partial charge >= 0.3 is 0 Å². The summed E-state index contributed by atoms with van der Waals surface area (Å²) >= 11 is 0. The quantitative estimate of drug-likeness (QED) is 0.724. The average Bonchev–Trinajstić information content (AvgIpc) is 2.97. The van der Waals surface area contributed by atoms with E-state index < -0.39 is 0 Å². The summed E-state index contributed by atoms with van der Waals surface area (Å²) in [6.45, 7) is 5.44. The topological polar surface area (TPSA) is 38.8 Å². The van der Waals surface area contributed by atoms with Crippen LogP contribution >= 0.6 is 0 Å². The van der Waals surface area contributed by atoms with Gasteiger partial charge in [0.2, 0.25) is 5.91 Å². The first kappa shape index (κ1) is 16.0. The molecular weight excluding hydrogens is 266 g/mol. The number of methoxy groups -OCH3 is 1. The molecule has 4 nitrogen and oxygen atoms in total. The Morgan fingerprint density at radius 2 is 2.10 bits per heavy atom. The molecule has 1 amide bonds. The second-order valence-electron chi connectivity index (χ2n) is 5.54. The Hall–Kier alpha value is -1.39. The van der Waals surface area contributed by atoms with E-state index in [2.05, 4.69) is 31.2 Å². The second-order valence-corrected chi connectivity index (χ2v) is 5.54. The maximum absolute atomic E-state index is 12.2. The molecule has 1 saturated heterocycles. The molecule has 1 aromatic carbocycles. The third-order valence-corrected chi connectivity index (χ3v) is 4.06. The van der Waals surface area contributed by atoms with E-state index in [1.807, 2.05) is 4.90 Å². The molecule has 0 N–H and O–H groups in total. The molecular formula is C17H25NO3. The highest BCUT2D eigenvalue weighted by atomic mass is 16.5. The van der Waals surface area contributed by atoms with Crippen LogP contribution in [0.1, 0.15) is 29.9 Å². The van der Waals surface area contributed by atoms with Crippen LogP contribution < -0.4 is 0 Å². The molecule has 1 atom stereocenters. The molecule has 0 aromatic heterocycles. The molecule has 1 heterocycles. The van der Waals surface area contributed by atoms with Gasteiger partial charge in [-0.1, -0.05) is 24.3 Å². The van der Waals surface area contributed by atoms with Gasteiger partial charge in [-0.05, 0) is 24.5 Å². The summed E-state index contributed by atoms with van der Waals surface area (Å²) in [5, 5.41) is 0. The molecule has 4 heteroatoms. The minimum atomic E-state index is 0.198. The van der Waals surface area contributed by atoms with Crippen molar-refractivity contribution < 1.29 is 14.3 Å². The number of rotatable bonds is 7. The highest BCUT2D eigenvalue weighted by molar-refractivity contribution is 5.76. The summed E-state index contributed by atoms with van der Waals surface area (Å²) in [5.41, 5.74) is 2.70.